The molecule has 1 spiro atoms. The molecule has 1 aromatic carbocycles. The third-order valence-corrected chi connectivity index (χ3v) is 6.49. The van der Waals surface area contributed by atoms with E-state index in [1.54, 1.807) is 0 Å². The van der Waals surface area contributed by atoms with Crippen LogP contribution in [0.25, 0.3) is 0 Å². The fraction of sp³-hybridized carbons (Fsp3) is 0.458. The number of hydrogen-bond donors (Lipinski definition) is 2. The van der Waals surface area contributed by atoms with Crippen molar-refractivity contribution in [2.24, 2.45) is 0 Å². The second-order valence-corrected chi connectivity index (χ2v) is 9.09. The molecule has 3 heterocycles. The molecule has 12 heteroatoms. The van der Waals surface area contributed by atoms with Crippen LogP contribution in [0.4, 0.5) is 4.39 Å². The summed E-state index contributed by atoms with van der Waals surface area (Å²) in [6.45, 7) is 0.996. The van der Waals surface area contributed by atoms with Crippen LogP contribution in [0.2, 0.25) is 0 Å². The minimum Gasteiger partial charge on any atom is -0.501 e. The number of nitrogens with one attached hydrogen (secondary N) is 1. The lowest BCUT2D eigenvalue weighted by molar-refractivity contribution is -0.154. The summed E-state index contributed by atoms with van der Waals surface area (Å²) in [5, 5.41) is 13.1. The van der Waals surface area contributed by atoms with Crippen molar-refractivity contribution in [3.05, 3.63) is 57.5 Å². The highest BCUT2D eigenvalue weighted by molar-refractivity contribution is 6.34. The molecule has 1 aromatic heterocycles. The highest BCUT2D eigenvalue weighted by atomic mass is 19.1. The van der Waals surface area contributed by atoms with Gasteiger partial charge in [-0.1, -0.05) is 12.1 Å². The second-order valence-electron chi connectivity index (χ2n) is 9.09. The van der Waals surface area contributed by atoms with E-state index in [1.807, 2.05) is 0 Å². The molecular formula is C24H28FN5O6. The van der Waals surface area contributed by atoms with Gasteiger partial charge in [0.25, 0.3) is 11.5 Å². The van der Waals surface area contributed by atoms with E-state index in [0.29, 0.717) is 18.6 Å². The van der Waals surface area contributed by atoms with Gasteiger partial charge >= 0.3 is 11.8 Å². The zero-order chi connectivity index (χ0) is 26.0. The summed E-state index contributed by atoms with van der Waals surface area (Å²) in [6, 6.07) is 5.54. The van der Waals surface area contributed by atoms with E-state index >= 15 is 0 Å². The first-order valence-corrected chi connectivity index (χ1v) is 11.6. The van der Waals surface area contributed by atoms with Crippen LogP contribution >= 0.6 is 0 Å². The van der Waals surface area contributed by atoms with Crippen molar-refractivity contribution < 1.29 is 28.6 Å². The number of fused-ring (bicyclic) bond motifs is 2. The summed E-state index contributed by atoms with van der Waals surface area (Å²) in [5.74, 6) is -2.99. The molecule has 2 aliphatic heterocycles. The van der Waals surface area contributed by atoms with Gasteiger partial charge in [-0.15, -0.1) is 0 Å². The highest BCUT2D eigenvalue weighted by Gasteiger charge is 2.45. The lowest BCUT2D eigenvalue weighted by Crippen LogP contribution is -2.51. The Kier molecular flexibility index (Phi) is 7.07. The molecule has 192 valence electrons. The molecule has 2 N–H and O–H groups in total. The molecule has 0 unspecified atom stereocenters. The fourth-order valence-electron chi connectivity index (χ4n) is 4.45. The smallest absolute Gasteiger partial charge is 0.312 e. The number of halogens is 1. The van der Waals surface area contributed by atoms with E-state index in [2.05, 4.69) is 10.3 Å². The van der Waals surface area contributed by atoms with Gasteiger partial charge in [0, 0.05) is 59.7 Å². The summed E-state index contributed by atoms with van der Waals surface area (Å²) in [5.41, 5.74) is -1.62. The summed E-state index contributed by atoms with van der Waals surface area (Å²) >= 11 is 0. The average Bonchev–Trinajstić information content (AvgIpc) is 3.04. The maximum absolute atomic E-state index is 13.1. The van der Waals surface area contributed by atoms with Gasteiger partial charge in [-0.2, -0.15) is 0 Å². The van der Waals surface area contributed by atoms with Crippen LogP contribution < -0.4 is 10.9 Å². The minimum absolute atomic E-state index is 0.0390. The van der Waals surface area contributed by atoms with Gasteiger partial charge in [0.05, 0.1) is 0 Å². The third kappa shape index (κ3) is 4.81. The maximum Gasteiger partial charge on any atom is 0.312 e. The van der Waals surface area contributed by atoms with Crippen molar-refractivity contribution in [1.29, 1.82) is 0 Å². The van der Waals surface area contributed by atoms with Crippen molar-refractivity contribution in [2.75, 3.05) is 33.8 Å². The van der Waals surface area contributed by atoms with Crippen LogP contribution in [0.3, 0.4) is 0 Å². The van der Waals surface area contributed by atoms with E-state index < -0.39 is 46.1 Å². The van der Waals surface area contributed by atoms with Crippen molar-refractivity contribution in [3.8, 4) is 5.75 Å². The minimum atomic E-state index is -1.06. The third-order valence-electron chi connectivity index (χ3n) is 6.49. The van der Waals surface area contributed by atoms with E-state index in [4.69, 9.17) is 4.74 Å². The number of hydrogen-bond acceptors (Lipinski definition) is 7. The fourth-order valence-corrected chi connectivity index (χ4v) is 4.45. The molecule has 0 saturated carbocycles. The van der Waals surface area contributed by atoms with Crippen LogP contribution in [0.1, 0.15) is 41.1 Å². The summed E-state index contributed by atoms with van der Waals surface area (Å²) in [7, 11) is 3.00. The topological polar surface area (TPSA) is 134 Å². The number of aromatic nitrogens is 2. The quantitative estimate of drug-likeness (QED) is 0.580. The number of rotatable bonds is 3. The first kappa shape index (κ1) is 25.3. The zero-order valence-electron chi connectivity index (χ0n) is 20.1. The predicted octanol–water partition coefficient (Wildman–Crippen LogP) is 0.344. The lowest BCUT2D eigenvalue weighted by atomic mass is 9.89. The highest BCUT2D eigenvalue weighted by Crippen LogP contribution is 2.38. The van der Waals surface area contributed by atoms with Gasteiger partial charge < -0.3 is 25.0 Å². The first-order valence-electron chi connectivity index (χ1n) is 11.6. The second kappa shape index (κ2) is 10.1. The number of likely N-dealkylation sites (tertiary alicyclic amines) is 1. The van der Waals surface area contributed by atoms with E-state index in [9.17, 15) is 28.7 Å². The van der Waals surface area contributed by atoms with Gasteiger partial charge in [-0.3, -0.25) is 23.7 Å². The SMILES string of the molecule is CN(C)C(=O)C(=O)N1CCC2(CC1)OCCCn1c2nc(C(=O)NCc2ccc(F)cc2)c(O)c1=O. The first-order chi connectivity index (χ1) is 17.1. The van der Waals surface area contributed by atoms with E-state index in [1.165, 1.54) is 52.7 Å². The molecule has 4 rings (SSSR count). The summed E-state index contributed by atoms with van der Waals surface area (Å²) in [4.78, 5) is 57.6. The number of amides is 3. The van der Waals surface area contributed by atoms with Gasteiger partial charge in [-0.05, 0) is 24.1 Å². The van der Waals surface area contributed by atoms with Crippen LogP contribution in [0.5, 0.6) is 5.75 Å². The Labute approximate surface area is 206 Å². The number of benzene rings is 1. The molecule has 3 amide bonds. The predicted molar refractivity (Wildman–Crippen MR) is 124 cm³/mol. The number of piperidine rings is 1. The van der Waals surface area contributed by atoms with Gasteiger partial charge in [0.15, 0.2) is 5.69 Å². The Bertz CT molecular complexity index is 1230. The molecule has 0 radical (unpaired) electrons. The summed E-state index contributed by atoms with van der Waals surface area (Å²) in [6.07, 6.45) is 1.01. The molecule has 2 aromatic rings. The largest absolute Gasteiger partial charge is 0.501 e. The monoisotopic (exact) mass is 501 g/mol. The Morgan fingerprint density at radius 1 is 1.17 bits per heavy atom. The van der Waals surface area contributed by atoms with Crippen LogP contribution in [0.15, 0.2) is 29.1 Å². The lowest BCUT2D eigenvalue weighted by Gasteiger charge is -2.40. The zero-order valence-corrected chi connectivity index (χ0v) is 20.1. The van der Waals surface area contributed by atoms with Crippen LogP contribution in [-0.2, 0) is 33.0 Å². The molecule has 1 fully saturated rings. The van der Waals surface area contributed by atoms with Crippen molar-refractivity contribution in [2.45, 2.75) is 38.0 Å². The van der Waals surface area contributed by atoms with Crippen molar-refractivity contribution in [1.82, 2.24) is 24.7 Å². The number of aromatic hydroxyl groups is 1. The molecule has 0 bridgehead atoms. The number of likely N-dealkylation sites (N-methyl/N-ethyl adjacent to an activating group) is 1. The molecule has 2 aliphatic rings. The number of carbonyl (C=O) groups excluding carboxylic acids is 3. The number of carbonyl (C=O) groups is 3. The van der Waals surface area contributed by atoms with Crippen LogP contribution in [-0.4, -0.2) is 76.0 Å². The van der Waals surface area contributed by atoms with Crippen LogP contribution in [0, 0.1) is 5.82 Å². The van der Waals surface area contributed by atoms with Gasteiger partial charge in [-0.25, -0.2) is 9.37 Å². The van der Waals surface area contributed by atoms with Gasteiger partial charge in [0.1, 0.15) is 17.2 Å². The Hall–Kier alpha value is -3.80. The molecule has 0 atom stereocenters. The molecular weight excluding hydrogens is 473 g/mol. The standard InChI is InChI=1S/C24H28FN5O6/c1-28(2)21(34)22(35)29-11-8-24(9-12-29)23-27-17(18(31)20(33)30(23)10-3-13-36-24)19(32)26-14-15-4-6-16(25)7-5-15/h4-7,31H,3,8-14H2,1-2H3,(H,26,32). The van der Waals surface area contributed by atoms with Crippen molar-refractivity contribution in [3.63, 3.8) is 0 Å². The van der Waals surface area contributed by atoms with Crippen molar-refractivity contribution >= 4 is 17.7 Å². The Morgan fingerprint density at radius 3 is 2.47 bits per heavy atom. The molecule has 1 saturated heterocycles. The van der Waals surface area contributed by atoms with Gasteiger partial charge in [0.2, 0.25) is 5.75 Å². The molecule has 11 nitrogen and oxygen atoms in total. The Morgan fingerprint density at radius 2 is 1.83 bits per heavy atom. The Balaban J connectivity index is 1.61. The normalized spacial score (nSPS) is 16.7. The van der Waals surface area contributed by atoms with E-state index in [0.717, 1.165) is 0 Å². The number of nitrogens with zero attached hydrogens (tertiary/aromatic N) is 4. The molecule has 0 aliphatic carbocycles. The number of ether oxygens (including phenoxy) is 1. The maximum atomic E-state index is 13.1. The van der Waals surface area contributed by atoms with E-state index in [-0.39, 0.29) is 44.8 Å². The molecule has 36 heavy (non-hydrogen) atoms. The average molecular weight is 502 g/mol. The summed E-state index contributed by atoms with van der Waals surface area (Å²) < 4.78 is 20.6.